The van der Waals surface area contributed by atoms with E-state index in [4.69, 9.17) is 4.74 Å². The number of H-pyrrole nitrogens is 1. The molecule has 0 bridgehead atoms. The number of hydrogen-bond acceptors (Lipinski definition) is 2. The smallest absolute Gasteiger partial charge is 0.119 e. The molecule has 0 amide bonds. The molecule has 3 heteroatoms. The molecular weight excluding hydrogens is 296 g/mol. The second-order valence-electron chi connectivity index (χ2n) is 6.95. The molecule has 1 fully saturated rings. The number of nitrogens with one attached hydrogen (secondary N) is 2. The second kappa shape index (κ2) is 6.33. The van der Waals surface area contributed by atoms with E-state index in [2.05, 4.69) is 72.8 Å². The molecule has 2 unspecified atom stereocenters. The van der Waals surface area contributed by atoms with Crippen LogP contribution in [-0.2, 0) is 0 Å². The summed E-state index contributed by atoms with van der Waals surface area (Å²) in [7, 11) is 0. The molecule has 0 radical (unpaired) electrons. The van der Waals surface area contributed by atoms with Gasteiger partial charge in [-0.2, -0.15) is 0 Å². The Kier molecular flexibility index (Phi) is 4.03. The Morgan fingerprint density at radius 3 is 2.67 bits per heavy atom. The van der Waals surface area contributed by atoms with Crippen LogP contribution in [-0.4, -0.2) is 24.7 Å². The van der Waals surface area contributed by atoms with Gasteiger partial charge in [-0.1, -0.05) is 24.3 Å². The second-order valence-corrected chi connectivity index (χ2v) is 6.95. The third kappa shape index (κ3) is 2.92. The zero-order valence-electron chi connectivity index (χ0n) is 14.3. The van der Waals surface area contributed by atoms with Gasteiger partial charge in [0.15, 0.2) is 0 Å². The number of ether oxygens (including phenoxy) is 1. The third-order valence-electron chi connectivity index (χ3n) is 5.02. The minimum absolute atomic E-state index is 0.491. The topological polar surface area (TPSA) is 37.0 Å². The van der Waals surface area contributed by atoms with Gasteiger partial charge in [0.05, 0.1) is 6.61 Å². The molecule has 3 nitrogen and oxygen atoms in total. The fourth-order valence-electron chi connectivity index (χ4n) is 3.89. The Morgan fingerprint density at radius 1 is 1.04 bits per heavy atom. The maximum Gasteiger partial charge on any atom is 0.119 e. The predicted octanol–water partition coefficient (Wildman–Crippen LogP) is 4.17. The fraction of sp³-hybridized carbons (Fsp3) is 0.333. The number of benzene rings is 2. The van der Waals surface area contributed by atoms with E-state index in [0.29, 0.717) is 11.8 Å². The SMILES string of the molecule is Cc1cc(C)cc(OCC2CNCC2c2c[nH]c3ccccc23)c1. The molecule has 1 aliphatic rings. The van der Waals surface area contributed by atoms with Gasteiger partial charge in [0.2, 0.25) is 0 Å². The largest absolute Gasteiger partial charge is 0.493 e. The summed E-state index contributed by atoms with van der Waals surface area (Å²) in [6.07, 6.45) is 2.17. The van der Waals surface area contributed by atoms with Crippen LogP contribution in [0.15, 0.2) is 48.7 Å². The van der Waals surface area contributed by atoms with Crippen LogP contribution in [0.4, 0.5) is 0 Å². The van der Waals surface area contributed by atoms with Gasteiger partial charge in [-0.15, -0.1) is 0 Å². The lowest BCUT2D eigenvalue weighted by atomic mass is 9.89. The highest BCUT2D eigenvalue weighted by molar-refractivity contribution is 5.83. The summed E-state index contributed by atoms with van der Waals surface area (Å²) >= 11 is 0. The van der Waals surface area contributed by atoms with Crippen molar-refractivity contribution in [3.05, 3.63) is 65.4 Å². The van der Waals surface area contributed by atoms with Crippen molar-refractivity contribution in [1.29, 1.82) is 0 Å². The molecule has 24 heavy (non-hydrogen) atoms. The Hall–Kier alpha value is -2.26. The number of fused-ring (bicyclic) bond motifs is 1. The van der Waals surface area contributed by atoms with Gasteiger partial charge in [0.25, 0.3) is 0 Å². The van der Waals surface area contributed by atoms with Gasteiger partial charge in [0.1, 0.15) is 5.75 Å². The Balaban J connectivity index is 1.52. The summed E-state index contributed by atoms with van der Waals surface area (Å²) in [5, 5.41) is 4.88. The summed E-state index contributed by atoms with van der Waals surface area (Å²) in [4.78, 5) is 3.41. The highest BCUT2D eigenvalue weighted by atomic mass is 16.5. The van der Waals surface area contributed by atoms with Crippen LogP contribution in [0.1, 0.15) is 22.6 Å². The van der Waals surface area contributed by atoms with Crippen LogP contribution in [0, 0.1) is 19.8 Å². The maximum absolute atomic E-state index is 6.14. The minimum atomic E-state index is 0.491. The van der Waals surface area contributed by atoms with Crippen molar-refractivity contribution in [3.63, 3.8) is 0 Å². The molecule has 1 aromatic heterocycles. The van der Waals surface area contributed by atoms with Crippen molar-refractivity contribution in [1.82, 2.24) is 10.3 Å². The van der Waals surface area contributed by atoms with Crippen LogP contribution in [0.3, 0.4) is 0 Å². The monoisotopic (exact) mass is 320 g/mol. The zero-order chi connectivity index (χ0) is 16.5. The lowest BCUT2D eigenvalue weighted by molar-refractivity contribution is 0.248. The van der Waals surface area contributed by atoms with Crippen LogP contribution in [0.5, 0.6) is 5.75 Å². The van der Waals surface area contributed by atoms with Crippen LogP contribution >= 0.6 is 0 Å². The third-order valence-corrected chi connectivity index (χ3v) is 5.02. The van der Waals surface area contributed by atoms with E-state index in [1.807, 2.05) is 0 Å². The van der Waals surface area contributed by atoms with Crippen molar-refractivity contribution >= 4 is 10.9 Å². The van der Waals surface area contributed by atoms with E-state index in [1.54, 1.807) is 0 Å². The minimum Gasteiger partial charge on any atom is -0.493 e. The molecule has 3 aromatic rings. The zero-order valence-corrected chi connectivity index (χ0v) is 14.3. The summed E-state index contributed by atoms with van der Waals surface area (Å²) in [6, 6.07) is 15.0. The summed E-state index contributed by atoms with van der Waals surface area (Å²) in [5.74, 6) is 1.97. The number of para-hydroxylation sites is 1. The van der Waals surface area contributed by atoms with Gasteiger partial charge >= 0.3 is 0 Å². The average molecular weight is 320 g/mol. The number of aryl methyl sites for hydroxylation is 2. The molecule has 124 valence electrons. The summed E-state index contributed by atoms with van der Waals surface area (Å²) in [6.45, 7) is 7.01. The maximum atomic E-state index is 6.14. The standard InChI is InChI=1S/C21H24N2O/c1-14-7-15(2)9-17(8-14)24-13-16-10-22-11-19(16)20-12-23-21-6-4-3-5-18(20)21/h3-9,12,16,19,22-23H,10-11,13H2,1-2H3. The van der Waals surface area contributed by atoms with E-state index in [0.717, 1.165) is 25.4 Å². The molecule has 0 aliphatic carbocycles. The van der Waals surface area contributed by atoms with E-state index in [1.165, 1.54) is 27.6 Å². The quantitative estimate of drug-likeness (QED) is 0.757. The van der Waals surface area contributed by atoms with Crippen molar-refractivity contribution in [3.8, 4) is 5.75 Å². The van der Waals surface area contributed by atoms with E-state index < -0.39 is 0 Å². The Morgan fingerprint density at radius 2 is 1.83 bits per heavy atom. The van der Waals surface area contributed by atoms with Gasteiger partial charge in [-0.3, -0.25) is 0 Å². The highest BCUT2D eigenvalue weighted by Gasteiger charge is 2.30. The number of rotatable bonds is 4. The van der Waals surface area contributed by atoms with Gasteiger partial charge in [-0.05, 0) is 48.7 Å². The Labute approximate surface area is 143 Å². The summed E-state index contributed by atoms with van der Waals surface area (Å²) in [5.41, 5.74) is 5.13. The van der Waals surface area contributed by atoms with E-state index in [9.17, 15) is 0 Å². The Bertz CT molecular complexity index is 832. The first-order valence-corrected chi connectivity index (χ1v) is 8.68. The fourth-order valence-corrected chi connectivity index (χ4v) is 3.89. The van der Waals surface area contributed by atoms with Gasteiger partial charge < -0.3 is 15.0 Å². The van der Waals surface area contributed by atoms with Crippen molar-refractivity contribution in [2.45, 2.75) is 19.8 Å². The molecule has 2 atom stereocenters. The summed E-state index contributed by atoms with van der Waals surface area (Å²) < 4.78 is 6.14. The lowest BCUT2D eigenvalue weighted by Crippen LogP contribution is -2.19. The van der Waals surface area contributed by atoms with Crippen molar-refractivity contribution < 1.29 is 4.74 Å². The molecule has 2 N–H and O–H groups in total. The predicted molar refractivity (Wildman–Crippen MR) is 98.8 cm³/mol. The van der Waals surface area contributed by atoms with Gasteiger partial charge in [0, 0.05) is 42.0 Å². The van der Waals surface area contributed by atoms with Crippen LogP contribution < -0.4 is 10.1 Å². The molecule has 0 saturated carbocycles. The van der Waals surface area contributed by atoms with Crippen molar-refractivity contribution in [2.75, 3.05) is 19.7 Å². The first kappa shape index (κ1) is 15.3. The molecule has 0 spiro atoms. The number of hydrogen-bond donors (Lipinski definition) is 2. The highest BCUT2D eigenvalue weighted by Crippen LogP contribution is 2.33. The normalized spacial score (nSPS) is 20.6. The van der Waals surface area contributed by atoms with Crippen LogP contribution in [0.2, 0.25) is 0 Å². The van der Waals surface area contributed by atoms with E-state index >= 15 is 0 Å². The van der Waals surface area contributed by atoms with Crippen molar-refractivity contribution in [2.24, 2.45) is 5.92 Å². The number of aromatic amines is 1. The average Bonchev–Trinajstić information content (AvgIpc) is 3.18. The molecule has 2 aromatic carbocycles. The molecule has 1 aliphatic heterocycles. The first-order chi connectivity index (χ1) is 11.7. The van der Waals surface area contributed by atoms with Gasteiger partial charge in [-0.25, -0.2) is 0 Å². The molecule has 1 saturated heterocycles. The lowest BCUT2D eigenvalue weighted by Gasteiger charge is -2.19. The number of aromatic nitrogens is 1. The van der Waals surface area contributed by atoms with Crippen LogP contribution in [0.25, 0.3) is 10.9 Å². The molecular formula is C21H24N2O. The molecule has 4 rings (SSSR count). The molecule has 2 heterocycles. The van der Waals surface area contributed by atoms with E-state index in [-0.39, 0.29) is 0 Å². The first-order valence-electron chi connectivity index (χ1n) is 8.68.